The fourth-order valence-electron chi connectivity index (χ4n) is 3.39. The average Bonchev–Trinajstić information content (AvgIpc) is 3.02. The van der Waals surface area contributed by atoms with E-state index in [0.717, 1.165) is 21.3 Å². The molecular weight excluding hydrogens is 397 g/mol. The minimum absolute atomic E-state index is 0.140. The number of amides is 2. The Bertz CT molecular complexity index is 1100. The highest BCUT2D eigenvalue weighted by Crippen LogP contribution is 2.31. The number of anilines is 1. The molecule has 3 aromatic rings. The highest BCUT2D eigenvalue weighted by Gasteiger charge is 2.38. The molecule has 3 rings (SSSR count). The van der Waals surface area contributed by atoms with E-state index in [4.69, 9.17) is 0 Å². The zero-order valence-electron chi connectivity index (χ0n) is 16.7. The quantitative estimate of drug-likeness (QED) is 0.663. The molecule has 158 valence electrons. The van der Waals surface area contributed by atoms with Gasteiger partial charge in [0, 0.05) is 5.69 Å². The van der Waals surface area contributed by atoms with E-state index in [1.165, 1.54) is 12.1 Å². The van der Waals surface area contributed by atoms with Gasteiger partial charge >= 0.3 is 6.18 Å². The van der Waals surface area contributed by atoms with Crippen molar-refractivity contribution >= 4 is 28.5 Å². The van der Waals surface area contributed by atoms with Crippen molar-refractivity contribution in [1.82, 2.24) is 14.9 Å². The van der Waals surface area contributed by atoms with Gasteiger partial charge in [0.2, 0.25) is 17.6 Å². The van der Waals surface area contributed by atoms with Crippen LogP contribution in [0.1, 0.15) is 22.5 Å². The van der Waals surface area contributed by atoms with Crippen molar-refractivity contribution in [3.8, 4) is 0 Å². The second-order valence-electron chi connectivity index (χ2n) is 7.11. The number of rotatable bonds is 5. The summed E-state index contributed by atoms with van der Waals surface area (Å²) in [5.41, 5.74) is 3.80. The largest absolute Gasteiger partial charge is 0.449 e. The zero-order chi connectivity index (χ0) is 22.1. The average molecular weight is 418 g/mol. The van der Waals surface area contributed by atoms with Gasteiger partial charge in [0.15, 0.2) is 0 Å². The van der Waals surface area contributed by atoms with Crippen molar-refractivity contribution < 1.29 is 22.8 Å². The molecule has 0 atom stereocenters. The van der Waals surface area contributed by atoms with Crippen LogP contribution in [0.4, 0.5) is 18.9 Å². The van der Waals surface area contributed by atoms with E-state index in [2.05, 4.69) is 15.6 Å². The maximum Gasteiger partial charge on any atom is 0.449 e. The van der Waals surface area contributed by atoms with Crippen LogP contribution in [-0.2, 0) is 22.3 Å². The molecule has 1 heterocycles. The van der Waals surface area contributed by atoms with Gasteiger partial charge in [0.25, 0.3) is 0 Å². The van der Waals surface area contributed by atoms with Crippen LogP contribution in [0, 0.1) is 20.8 Å². The highest BCUT2D eigenvalue weighted by atomic mass is 19.4. The van der Waals surface area contributed by atoms with Crippen LogP contribution in [0.3, 0.4) is 0 Å². The molecule has 0 radical (unpaired) electrons. The summed E-state index contributed by atoms with van der Waals surface area (Å²) in [5, 5.41) is 5.10. The number of alkyl halides is 3. The first-order valence-electron chi connectivity index (χ1n) is 9.23. The number of carbonyl (C=O) groups is 2. The summed E-state index contributed by atoms with van der Waals surface area (Å²) < 4.78 is 40.8. The second kappa shape index (κ2) is 8.17. The lowest BCUT2D eigenvalue weighted by Gasteiger charge is -2.14. The van der Waals surface area contributed by atoms with Crippen molar-refractivity contribution in [2.24, 2.45) is 0 Å². The molecule has 2 N–H and O–H groups in total. The molecule has 0 aliphatic heterocycles. The minimum Gasteiger partial charge on any atom is -0.345 e. The Hall–Kier alpha value is -3.36. The Labute approximate surface area is 171 Å². The molecule has 0 bridgehead atoms. The lowest BCUT2D eigenvalue weighted by molar-refractivity contribution is -0.147. The fourth-order valence-corrected chi connectivity index (χ4v) is 3.39. The van der Waals surface area contributed by atoms with E-state index in [9.17, 15) is 22.8 Å². The number of imidazole rings is 1. The first kappa shape index (κ1) is 21.4. The first-order valence-corrected chi connectivity index (χ1v) is 9.23. The number of nitrogens with zero attached hydrogens (tertiary/aromatic N) is 2. The predicted molar refractivity (Wildman–Crippen MR) is 107 cm³/mol. The van der Waals surface area contributed by atoms with Crippen LogP contribution >= 0.6 is 0 Å². The molecule has 0 fully saturated rings. The molecule has 1 aromatic heterocycles. The summed E-state index contributed by atoms with van der Waals surface area (Å²) in [7, 11) is 0. The maximum atomic E-state index is 13.3. The van der Waals surface area contributed by atoms with Crippen molar-refractivity contribution in [2.45, 2.75) is 33.5 Å². The fraction of sp³-hybridized carbons (Fsp3) is 0.286. The van der Waals surface area contributed by atoms with Gasteiger partial charge in [-0.2, -0.15) is 13.2 Å². The molecule has 2 aromatic carbocycles. The Morgan fingerprint density at radius 2 is 1.67 bits per heavy atom. The molecule has 0 saturated heterocycles. The Morgan fingerprint density at radius 1 is 1.03 bits per heavy atom. The van der Waals surface area contributed by atoms with Gasteiger partial charge in [-0.3, -0.25) is 9.59 Å². The van der Waals surface area contributed by atoms with Gasteiger partial charge in [-0.15, -0.1) is 0 Å². The van der Waals surface area contributed by atoms with E-state index >= 15 is 0 Å². The molecular formula is C21H21F3N4O2. The van der Waals surface area contributed by atoms with E-state index in [1.807, 2.05) is 32.9 Å². The lowest BCUT2D eigenvalue weighted by Crippen LogP contribution is -2.35. The predicted octanol–water partition coefficient (Wildman–Crippen LogP) is 3.74. The molecule has 0 unspecified atom stereocenters. The summed E-state index contributed by atoms with van der Waals surface area (Å²) in [6.45, 7) is 4.69. The molecule has 30 heavy (non-hydrogen) atoms. The smallest absolute Gasteiger partial charge is 0.345 e. The normalized spacial score (nSPS) is 11.5. The number of aromatic nitrogens is 2. The SMILES string of the molecule is Cc1cc(C)c(NC(=O)CNC(=O)Cn2c(C(F)(F)F)nc3ccccc32)c(C)c1. The van der Waals surface area contributed by atoms with Crippen molar-refractivity contribution in [3.05, 3.63) is 58.9 Å². The summed E-state index contributed by atoms with van der Waals surface area (Å²) in [6.07, 6.45) is -4.71. The summed E-state index contributed by atoms with van der Waals surface area (Å²) in [4.78, 5) is 28.1. The summed E-state index contributed by atoms with van der Waals surface area (Å²) in [5.74, 6) is -2.35. The standard InChI is InChI=1S/C21H21F3N4O2/c1-12-8-13(2)19(14(3)9-12)27-17(29)10-25-18(30)11-28-16-7-5-4-6-15(16)26-20(28)21(22,23)24/h4-9H,10-11H2,1-3H3,(H,25,30)(H,27,29). The zero-order valence-corrected chi connectivity index (χ0v) is 16.7. The number of hydrogen-bond donors (Lipinski definition) is 2. The van der Waals surface area contributed by atoms with Gasteiger partial charge in [0.1, 0.15) is 6.54 Å². The third-order valence-electron chi connectivity index (χ3n) is 4.60. The first-order chi connectivity index (χ1) is 14.1. The van der Waals surface area contributed by atoms with E-state index in [0.29, 0.717) is 5.69 Å². The van der Waals surface area contributed by atoms with E-state index in [-0.39, 0.29) is 17.6 Å². The molecule has 9 heteroatoms. The number of para-hydroxylation sites is 2. The number of halogens is 3. The molecule has 0 saturated carbocycles. The number of hydrogen-bond acceptors (Lipinski definition) is 3. The van der Waals surface area contributed by atoms with Crippen LogP contribution in [0.5, 0.6) is 0 Å². The summed E-state index contributed by atoms with van der Waals surface area (Å²) in [6, 6.07) is 9.88. The number of benzene rings is 2. The monoisotopic (exact) mass is 418 g/mol. The third-order valence-corrected chi connectivity index (χ3v) is 4.60. The number of aryl methyl sites for hydroxylation is 3. The van der Waals surface area contributed by atoms with Gasteiger partial charge in [-0.1, -0.05) is 29.8 Å². The topological polar surface area (TPSA) is 76.0 Å². The van der Waals surface area contributed by atoms with Crippen LogP contribution in [-0.4, -0.2) is 27.9 Å². The van der Waals surface area contributed by atoms with Gasteiger partial charge in [-0.05, 0) is 44.0 Å². The third kappa shape index (κ3) is 4.61. The lowest BCUT2D eigenvalue weighted by atomic mass is 10.1. The van der Waals surface area contributed by atoms with Crippen LogP contribution in [0.15, 0.2) is 36.4 Å². The van der Waals surface area contributed by atoms with Crippen LogP contribution in [0.2, 0.25) is 0 Å². The maximum absolute atomic E-state index is 13.3. The number of fused-ring (bicyclic) bond motifs is 1. The Kier molecular flexibility index (Phi) is 5.82. The highest BCUT2D eigenvalue weighted by molar-refractivity contribution is 5.96. The van der Waals surface area contributed by atoms with Crippen LogP contribution < -0.4 is 10.6 Å². The van der Waals surface area contributed by atoms with Crippen molar-refractivity contribution in [1.29, 1.82) is 0 Å². The van der Waals surface area contributed by atoms with E-state index in [1.54, 1.807) is 12.1 Å². The summed E-state index contributed by atoms with van der Waals surface area (Å²) >= 11 is 0. The van der Waals surface area contributed by atoms with Gasteiger partial charge in [-0.25, -0.2) is 4.98 Å². The minimum atomic E-state index is -4.71. The van der Waals surface area contributed by atoms with Crippen LogP contribution in [0.25, 0.3) is 11.0 Å². The van der Waals surface area contributed by atoms with E-state index < -0.39 is 30.4 Å². The van der Waals surface area contributed by atoms with Crippen molar-refractivity contribution in [3.63, 3.8) is 0 Å². The van der Waals surface area contributed by atoms with Gasteiger partial charge < -0.3 is 15.2 Å². The molecule has 0 spiro atoms. The molecule has 2 amide bonds. The Morgan fingerprint density at radius 3 is 2.30 bits per heavy atom. The molecule has 6 nitrogen and oxygen atoms in total. The Balaban J connectivity index is 1.69. The number of nitrogens with one attached hydrogen (secondary N) is 2. The molecule has 0 aliphatic carbocycles. The second-order valence-corrected chi connectivity index (χ2v) is 7.11. The van der Waals surface area contributed by atoms with Gasteiger partial charge in [0.05, 0.1) is 17.6 Å². The van der Waals surface area contributed by atoms with Crippen molar-refractivity contribution in [2.75, 3.05) is 11.9 Å². The molecule has 0 aliphatic rings. The number of carbonyl (C=O) groups excluding carboxylic acids is 2.